The van der Waals surface area contributed by atoms with Gasteiger partial charge in [-0.25, -0.2) is 4.68 Å². The topological polar surface area (TPSA) is 50.2 Å². The van der Waals surface area contributed by atoms with Crippen LogP contribution in [0.5, 0.6) is 0 Å². The van der Waals surface area contributed by atoms with Crippen LogP contribution in [-0.2, 0) is 11.3 Å². The molecule has 3 aromatic rings. The van der Waals surface area contributed by atoms with Crippen LogP contribution in [0.2, 0.25) is 0 Å². The minimum absolute atomic E-state index is 0.0291. The Labute approximate surface area is 160 Å². The molecule has 0 aliphatic heterocycles. The minimum Gasteiger partial charge on any atom is -0.326 e. The van der Waals surface area contributed by atoms with Gasteiger partial charge in [-0.1, -0.05) is 36.4 Å². The molecule has 0 unspecified atom stereocenters. The van der Waals surface area contributed by atoms with E-state index < -0.39 is 0 Å². The highest BCUT2D eigenvalue weighted by Gasteiger charge is 2.15. The summed E-state index contributed by atoms with van der Waals surface area (Å²) in [6.45, 7) is 5.59. The van der Waals surface area contributed by atoms with Gasteiger partial charge in [-0.05, 0) is 45.2 Å². The second kappa shape index (κ2) is 8.64. The van der Waals surface area contributed by atoms with E-state index in [0.717, 1.165) is 29.3 Å². The van der Waals surface area contributed by atoms with Crippen LogP contribution in [0.3, 0.4) is 0 Å². The highest BCUT2D eigenvalue weighted by Crippen LogP contribution is 2.19. The Morgan fingerprint density at radius 1 is 1.04 bits per heavy atom. The lowest BCUT2D eigenvalue weighted by Crippen LogP contribution is -2.24. The van der Waals surface area contributed by atoms with Crippen LogP contribution in [0.4, 0.5) is 5.69 Å². The number of benzene rings is 2. The third-order valence-electron chi connectivity index (χ3n) is 4.65. The SMILES string of the molecule is Cc1nn(-c2ccccc2)c(C)c1CN(C)CCC(=O)Nc1ccccc1. The molecule has 140 valence electrons. The molecule has 1 aromatic heterocycles. The Morgan fingerprint density at radius 2 is 1.67 bits per heavy atom. The molecule has 0 aliphatic carbocycles. The fraction of sp³-hybridized carbons (Fsp3) is 0.273. The first-order valence-electron chi connectivity index (χ1n) is 9.18. The number of nitrogens with zero attached hydrogens (tertiary/aromatic N) is 3. The van der Waals surface area contributed by atoms with E-state index in [2.05, 4.69) is 29.3 Å². The van der Waals surface area contributed by atoms with Gasteiger partial charge in [0.2, 0.25) is 5.91 Å². The summed E-state index contributed by atoms with van der Waals surface area (Å²) in [5, 5.41) is 7.62. The highest BCUT2D eigenvalue weighted by molar-refractivity contribution is 5.90. The predicted molar refractivity (Wildman–Crippen MR) is 109 cm³/mol. The van der Waals surface area contributed by atoms with Gasteiger partial charge in [-0.2, -0.15) is 5.10 Å². The third-order valence-corrected chi connectivity index (χ3v) is 4.65. The first-order chi connectivity index (χ1) is 13.0. The Balaban J connectivity index is 1.59. The fourth-order valence-corrected chi connectivity index (χ4v) is 3.11. The molecular formula is C22H26N4O. The van der Waals surface area contributed by atoms with Crippen LogP contribution in [0.15, 0.2) is 60.7 Å². The number of anilines is 1. The average Bonchev–Trinajstić information content (AvgIpc) is 2.96. The molecule has 0 radical (unpaired) electrons. The standard InChI is InChI=1S/C22H26N4O/c1-17-21(18(2)26(24-17)20-12-8-5-9-13-20)16-25(3)15-14-22(27)23-19-10-6-4-7-11-19/h4-13H,14-16H2,1-3H3,(H,23,27). The van der Waals surface area contributed by atoms with Gasteiger partial charge >= 0.3 is 0 Å². The van der Waals surface area contributed by atoms with Gasteiger partial charge in [-0.15, -0.1) is 0 Å². The number of carbonyl (C=O) groups is 1. The highest BCUT2D eigenvalue weighted by atomic mass is 16.1. The predicted octanol–water partition coefficient (Wildman–Crippen LogP) is 3.95. The Hall–Kier alpha value is -2.92. The smallest absolute Gasteiger partial charge is 0.225 e. The Kier molecular flexibility index (Phi) is 6.04. The van der Waals surface area contributed by atoms with E-state index in [1.54, 1.807) is 0 Å². The zero-order valence-corrected chi connectivity index (χ0v) is 16.1. The largest absolute Gasteiger partial charge is 0.326 e. The molecule has 0 saturated carbocycles. The molecule has 2 aromatic carbocycles. The summed E-state index contributed by atoms with van der Waals surface area (Å²) >= 11 is 0. The van der Waals surface area contributed by atoms with Crippen LogP contribution in [0, 0.1) is 13.8 Å². The lowest BCUT2D eigenvalue weighted by atomic mass is 10.2. The van der Waals surface area contributed by atoms with Crippen molar-refractivity contribution in [2.24, 2.45) is 0 Å². The second-order valence-electron chi connectivity index (χ2n) is 6.80. The van der Waals surface area contributed by atoms with Crippen molar-refractivity contribution < 1.29 is 4.79 Å². The average molecular weight is 362 g/mol. The molecule has 3 rings (SSSR count). The summed E-state index contributed by atoms with van der Waals surface area (Å²) in [5.41, 5.74) is 5.27. The molecule has 5 heteroatoms. The van der Waals surface area contributed by atoms with Crippen LogP contribution in [0.1, 0.15) is 23.4 Å². The number of hydrogen-bond donors (Lipinski definition) is 1. The van der Waals surface area contributed by atoms with Crippen molar-refractivity contribution in [2.45, 2.75) is 26.8 Å². The number of rotatable bonds is 7. The number of aryl methyl sites for hydroxylation is 1. The molecule has 27 heavy (non-hydrogen) atoms. The van der Waals surface area contributed by atoms with Crippen molar-refractivity contribution in [3.05, 3.63) is 77.6 Å². The number of nitrogens with one attached hydrogen (secondary N) is 1. The second-order valence-corrected chi connectivity index (χ2v) is 6.80. The normalized spacial score (nSPS) is 11.0. The van der Waals surface area contributed by atoms with Crippen molar-refractivity contribution in [1.29, 1.82) is 0 Å². The lowest BCUT2D eigenvalue weighted by Gasteiger charge is -2.17. The van der Waals surface area contributed by atoms with Gasteiger partial charge in [-0.3, -0.25) is 4.79 Å². The molecular weight excluding hydrogens is 336 g/mol. The van der Waals surface area contributed by atoms with Gasteiger partial charge in [0.25, 0.3) is 0 Å². The Bertz CT molecular complexity index is 887. The summed E-state index contributed by atoms with van der Waals surface area (Å²) in [5.74, 6) is 0.0291. The first-order valence-corrected chi connectivity index (χ1v) is 9.18. The van der Waals surface area contributed by atoms with Crippen molar-refractivity contribution in [3.63, 3.8) is 0 Å². The summed E-state index contributed by atoms with van der Waals surface area (Å²) < 4.78 is 1.99. The molecule has 0 bridgehead atoms. The maximum absolute atomic E-state index is 12.1. The Morgan fingerprint density at radius 3 is 2.33 bits per heavy atom. The third kappa shape index (κ3) is 4.83. The van der Waals surface area contributed by atoms with Gasteiger partial charge in [0, 0.05) is 36.5 Å². The number of para-hydroxylation sites is 2. The number of aromatic nitrogens is 2. The maximum Gasteiger partial charge on any atom is 0.225 e. The number of hydrogen-bond acceptors (Lipinski definition) is 3. The molecule has 0 saturated heterocycles. The quantitative estimate of drug-likeness (QED) is 0.692. The van der Waals surface area contributed by atoms with E-state index in [4.69, 9.17) is 5.10 Å². The van der Waals surface area contributed by atoms with Gasteiger partial charge < -0.3 is 10.2 Å². The van der Waals surface area contributed by atoms with Crippen LogP contribution in [-0.4, -0.2) is 34.2 Å². The molecule has 0 aliphatic rings. The summed E-state index contributed by atoms with van der Waals surface area (Å²) in [6, 6.07) is 19.7. The van der Waals surface area contributed by atoms with Crippen LogP contribution >= 0.6 is 0 Å². The van der Waals surface area contributed by atoms with E-state index >= 15 is 0 Å². The summed E-state index contributed by atoms with van der Waals surface area (Å²) in [7, 11) is 2.04. The van der Waals surface area contributed by atoms with Crippen molar-refractivity contribution in [2.75, 3.05) is 18.9 Å². The number of carbonyl (C=O) groups excluding carboxylic acids is 1. The van der Waals surface area contributed by atoms with E-state index in [9.17, 15) is 4.79 Å². The first kappa shape index (κ1) is 18.9. The van der Waals surface area contributed by atoms with Gasteiger partial charge in [0.05, 0.1) is 11.4 Å². The van der Waals surface area contributed by atoms with Gasteiger partial charge in [0.15, 0.2) is 0 Å². The number of amides is 1. The van der Waals surface area contributed by atoms with E-state index in [-0.39, 0.29) is 5.91 Å². The fourth-order valence-electron chi connectivity index (χ4n) is 3.11. The van der Waals surface area contributed by atoms with Crippen molar-refractivity contribution >= 4 is 11.6 Å². The molecule has 1 amide bonds. The zero-order chi connectivity index (χ0) is 19.2. The lowest BCUT2D eigenvalue weighted by molar-refractivity contribution is -0.116. The zero-order valence-electron chi connectivity index (χ0n) is 16.1. The molecule has 0 fully saturated rings. The van der Waals surface area contributed by atoms with E-state index in [1.807, 2.05) is 67.2 Å². The van der Waals surface area contributed by atoms with E-state index in [0.29, 0.717) is 13.0 Å². The molecule has 1 N–H and O–H groups in total. The van der Waals surface area contributed by atoms with Crippen LogP contribution in [0.25, 0.3) is 5.69 Å². The van der Waals surface area contributed by atoms with Crippen molar-refractivity contribution in [1.82, 2.24) is 14.7 Å². The molecule has 0 spiro atoms. The maximum atomic E-state index is 12.1. The van der Waals surface area contributed by atoms with Crippen molar-refractivity contribution in [3.8, 4) is 5.69 Å². The summed E-state index contributed by atoms with van der Waals surface area (Å²) in [4.78, 5) is 14.3. The van der Waals surface area contributed by atoms with E-state index in [1.165, 1.54) is 5.56 Å². The monoisotopic (exact) mass is 362 g/mol. The summed E-state index contributed by atoms with van der Waals surface area (Å²) in [6.07, 6.45) is 0.455. The molecule has 0 atom stereocenters. The van der Waals surface area contributed by atoms with Crippen LogP contribution < -0.4 is 5.32 Å². The minimum atomic E-state index is 0.0291. The van der Waals surface area contributed by atoms with Gasteiger partial charge in [0.1, 0.15) is 0 Å². The molecule has 1 heterocycles. The molecule has 5 nitrogen and oxygen atoms in total.